The first-order valence-corrected chi connectivity index (χ1v) is 5.26. The second-order valence-electron chi connectivity index (χ2n) is 3.90. The van der Waals surface area contributed by atoms with Gasteiger partial charge in [0.15, 0.2) is 0 Å². The fourth-order valence-corrected chi connectivity index (χ4v) is 1.81. The summed E-state index contributed by atoms with van der Waals surface area (Å²) in [5, 5.41) is 0. The van der Waals surface area contributed by atoms with Crippen molar-refractivity contribution in [2.75, 3.05) is 0 Å². The molecule has 0 saturated carbocycles. The second-order valence-corrected chi connectivity index (χ2v) is 3.90. The van der Waals surface area contributed by atoms with Crippen LogP contribution < -0.4 is 0 Å². The summed E-state index contributed by atoms with van der Waals surface area (Å²) in [6.45, 7) is 4.08. The van der Waals surface area contributed by atoms with Gasteiger partial charge in [0.25, 0.3) is 0 Å². The van der Waals surface area contributed by atoms with Gasteiger partial charge in [0.05, 0.1) is 0 Å². The highest BCUT2D eigenvalue weighted by molar-refractivity contribution is 5.80. The van der Waals surface area contributed by atoms with Crippen LogP contribution in [0.15, 0.2) is 36.4 Å². The van der Waals surface area contributed by atoms with Crippen LogP contribution in [-0.2, 0) is 0 Å². The Morgan fingerprint density at radius 2 is 1.88 bits per heavy atom. The molecule has 1 nitrogen and oxygen atoms in total. The molecule has 0 aliphatic heterocycles. The summed E-state index contributed by atoms with van der Waals surface area (Å²) in [6.07, 6.45) is 0.859. The molecule has 2 rings (SSSR count). The number of aldehydes is 1. The predicted octanol–water partition coefficient (Wildman–Crippen LogP) is 3.58. The summed E-state index contributed by atoms with van der Waals surface area (Å²) in [5.74, 6) is 0. The zero-order valence-electron chi connectivity index (χ0n) is 9.45. The van der Waals surface area contributed by atoms with Crippen LogP contribution in [0.25, 0.3) is 11.1 Å². The smallest absolute Gasteiger partial charge is 0.150 e. The van der Waals surface area contributed by atoms with Gasteiger partial charge in [0.1, 0.15) is 6.29 Å². The van der Waals surface area contributed by atoms with Crippen molar-refractivity contribution in [1.29, 1.82) is 0 Å². The van der Waals surface area contributed by atoms with Crippen molar-refractivity contribution in [3.8, 4) is 11.1 Å². The molecule has 79 valence electrons. The summed E-state index contributed by atoms with van der Waals surface area (Å²) < 4.78 is 0. The normalized spacial score (nSPS) is 10.1. The number of hydrogen-bond donors (Lipinski definition) is 0. The first kappa shape index (κ1) is 10.6. The average Bonchev–Trinajstić information content (AvgIpc) is 2.31. The van der Waals surface area contributed by atoms with Crippen LogP contribution in [0.1, 0.15) is 21.5 Å². The van der Waals surface area contributed by atoms with E-state index < -0.39 is 0 Å². The minimum absolute atomic E-state index is 0.670. The highest BCUT2D eigenvalue weighted by Gasteiger charge is 2.05. The van der Waals surface area contributed by atoms with Gasteiger partial charge >= 0.3 is 0 Å². The van der Waals surface area contributed by atoms with E-state index in [1.165, 1.54) is 11.1 Å². The van der Waals surface area contributed by atoms with Gasteiger partial charge in [-0.1, -0.05) is 24.3 Å². The fraction of sp³-hybridized carbons (Fsp3) is 0.133. The molecular weight excluding hydrogens is 196 g/mol. The van der Waals surface area contributed by atoms with Gasteiger partial charge in [-0.2, -0.15) is 0 Å². The van der Waals surface area contributed by atoms with Gasteiger partial charge in [-0.05, 0) is 54.3 Å². The van der Waals surface area contributed by atoms with E-state index in [4.69, 9.17) is 0 Å². The fourth-order valence-electron chi connectivity index (χ4n) is 1.81. The highest BCUT2D eigenvalue weighted by atomic mass is 16.1. The van der Waals surface area contributed by atoms with E-state index in [2.05, 4.69) is 25.1 Å². The SMILES string of the molecule is Cc1[c]cc(C=O)cc1-c1ccccc1C. The largest absolute Gasteiger partial charge is 0.298 e. The lowest BCUT2D eigenvalue weighted by Gasteiger charge is -2.09. The topological polar surface area (TPSA) is 17.1 Å². The van der Waals surface area contributed by atoms with Crippen LogP contribution in [0.2, 0.25) is 0 Å². The zero-order valence-corrected chi connectivity index (χ0v) is 9.45. The van der Waals surface area contributed by atoms with Gasteiger partial charge in [-0.25, -0.2) is 0 Å². The third-order valence-corrected chi connectivity index (χ3v) is 2.74. The summed E-state index contributed by atoms with van der Waals surface area (Å²) >= 11 is 0. The molecule has 1 radical (unpaired) electrons. The summed E-state index contributed by atoms with van der Waals surface area (Å²) in [5.41, 5.74) is 5.20. The number of hydrogen-bond acceptors (Lipinski definition) is 1. The van der Waals surface area contributed by atoms with Crippen molar-refractivity contribution < 1.29 is 4.79 Å². The van der Waals surface area contributed by atoms with Crippen LogP contribution in [0.5, 0.6) is 0 Å². The molecule has 0 aliphatic rings. The molecular formula is C15H13O. The molecule has 0 bridgehead atoms. The quantitative estimate of drug-likeness (QED) is 0.691. The van der Waals surface area contributed by atoms with Crippen molar-refractivity contribution in [3.63, 3.8) is 0 Å². The summed E-state index contributed by atoms with van der Waals surface area (Å²) in [7, 11) is 0. The van der Waals surface area contributed by atoms with Crippen LogP contribution in [-0.4, -0.2) is 6.29 Å². The van der Waals surface area contributed by atoms with E-state index in [0.29, 0.717) is 5.56 Å². The van der Waals surface area contributed by atoms with Crippen molar-refractivity contribution in [2.24, 2.45) is 0 Å². The number of carbonyl (C=O) groups excluding carboxylic acids is 1. The summed E-state index contributed by atoms with van der Waals surface area (Å²) in [6, 6.07) is 14.9. The first-order chi connectivity index (χ1) is 7.72. The monoisotopic (exact) mass is 209 g/mol. The first-order valence-electron chi connectivity index (χ1n) is 5.26. The number of benzene rings is 2. The van der Waals surface area contributed by atoms with Gasteiger partial charge in [0, 0.05) is 5.56 Å². The van der Waals surface area contributed by atoms with Crippen LogP contribution in [0.3, 0.4) is 0 Å². The third-order valence-electron chi connectivity index (χ3n) is 2.74. The molecule has 0 aliphatic carbocycles. The molecule has 0 saturated heterocycles. The van der Waals surface area contributed by atoms with Crippen molar-refractivity contribution in [1.82, 2.24) is 0 Å². The van der Waals surface area contributed by atoms with E-state index in [1.807, 2.05) is 25.1 Å². The van der Waals surface area contributed by atoms with Gasteiger partial charge in [0.2, 0.25) is 0 Å². The van der Waals surface area contributed by atoms with Crippen LogP contribution in [0, 0.1) is 19.9 Å². The minimum atomic E-state index is 0.670. The van der Waals surface area contributed by atoms with E-state index >= 15 is 0 Å². The Hall–Kier alpha value is -1.89. The molecule has 0 atom stereocenters. The Balaban J connectivity index is 2.63. The lowest BCUT2D eigenvalue weighted by Crippen LogP contribution is -1.89. The van der Waals surface area contributed by atoms with Crippen molar-refractivity contribution in [3.05, 3.63) is 59.2 Å². The Morgan fingerprint density at radius 3 is 2.56 bits per heavy atom. The zero-order chi connectivity index (χ0) is 11.5. The molecule has 0 amide bonds. The van der Waals surface area contributed by atoms with Crippen molar-refractivity contribution in [2.45, 2.75) is 13.8 Å². The Labute approximate surface area is 95.7 Å². The highest BCUT2D eigenvalue weighted by Crippen LogP contribution is 2.26. The van der Waals surface area contributed by atoms with Crippen LogP contribution in [0.4, 0.5) is 0 Å². The molecule has 1 heteroatoms. The molecule has 2 aromatic rings. The Kier molecular flexibility index (Phi) is 2.86. The third kappa shape index (κ3) is 1.89. The molecule has 0 N–H and O–H groups in total. The molecule has 0 fully saturated rings. The molecule has 0 heterocycles. The standard InChI is InChI=1S/C15H13O/c1-11-5-3-4-6-14(11)15-9-13(10-16)8-7-12(15)2/h3-6,8-10H,1-2H3. The molecule has 0 spiro atoms. The predicted molar refractivity (Wildman–Crippen MR) is 65.6 cm³/mol. The molecule has 2 aromatic carbocycles. The van der Waals surface area contributed by atoms with Crippen molar-refractivity contribution >= 4 is 6.29 Å². The maximum absolute atomic E-state index is 10.8. The molecule has 0 aromatic heterocycles. The maximum atomic E-state index is 10.8. The van der Waals surface area contributed by atoms with E-state index in [0.717, 1.165) is 17.4 Å². The Morgan fingerprint density at radius 1 is 1.12 bits per heavy atom. The lowest BCUT2D eigenvalue weighted by molar-refractivity contribution is 0.112. The summed E-state index contributed by atoms with van der Waals surface area (Å²) in [4.78, 5) is 10.8. The van der Waals surface area contributed by atoms with Crippen LogP contribution >= 0.6 is 0 Å². The molecule has 0 unspecified atom stereocenters. The minimum Gasteiger partial charge on any atom is -0.298 e. The lowest BCUT2D eigenvalue weighted by atomic mass is 9.95. The van der Waals surface area contributed by atoms with Gasteiger partial charge in [-0.3, -0.25) is 4.79 Å². The molecule has 16 heavy (non-hydrogen) atoms. The van der Waals surface area contributed by atoms with E-state index in [1.54, 1.807) is 6.07 Å². The average molecular weight is 209 g/mol. The number of carbonyl (C=O) groups is 1. The Bertz CT molecular complexity index is 527. The van der Waals surface area contributed by atoms with Gasteiger partial charge < -0.3 is 0 Å². The van der Waals surface area contributed by atoms with Gasteiger partial charge in [-0.15, -0.1) is 0 Å². The van der Waals surface area contributed by atoms with E-state index in [9.17, 15) is 4.79 Å². The second kappa shape index (κ2) is 4.31. The number of rotatable bonds is 2. The maximum Gasteiger partial charge on any atom is 0.150 e. The number of aryl methyl sites for hydroxylation is 2. The van der Waals surface area contributed by atoms with E-state index in [-0.39, 0.29) is 0 Å².